The molecule has 0 amide bonds. The first-order valence-electron chi connectivity index (χ1n) is 6.19. The van der Waals surface area contributed by atoms with Gasteiger partial charge in [-0.05, 0) is 11.6 Å². The second-order valence-electron chi connectivity index (χ2n) is 4.71. The first-order valence-corrected chi connectivity index (χ1v) is 6.19. The molecule has 5 heteroatoms. The second kappa shape index (κ2) is 4.76. The summed E-state index contributed by atoms with van der Waals surface area (Å²) in [5.41, 5.74) is 2.19. The molecule has 5 nitrogen and oxygen atoms in total. The molecule has 1 aromatic heterocycles. The van der Waals surface area contributed by atoms with E-state index in [0.717, 1.165) is 17.0 Å². The number of carbonyl (C=O) groups is 1. The summed E-state index contributed by atoms with van der Waals surface area (Å²) in [7, 11) is 0. The lowest BCUT2D eigenvalue weighted by Gasteiger charge is -2.17. The number of hydrogen-bond donors (Lipinski definition) is 1. The Labute approximate surface area is 110 Å². The van der Waals surface area contributed by atoms with E-state index >= 15 is 0 Å². The van der Waals surface area contributed by atoms with Crippen molar-refractivity contribution in [2.24, 2.45) is 0 Å². The summed E-state index contributed by atoms with van der Waals surface area (Å²) in [4.78, 5) is 13.1. The Bertz CT molecular complexity index is 580. The highest BCUT2D eigenvalue weighted by molar-refractivity contribution is 5.71. The molecule has 0 saturated heterocycles. The van der Waals surface area contributed by atoms with Crippen molar-refractivity contribution in [2.45, 2.75) is 18.9 Å². The lowest BCUT2D eigenvalue weighted by Crippen LogP contribution is -2.21. The van der Waals surface area contributed by atoms with Crippen molar-refractivity contribution in [3.8, 4) is 0 Å². The van der Waals surface area contributed by atoms with Crippen LogP contribution in [0.3, 0.4) is 0 Å². The van der Waals surface area contributed by atoms with Crippen LogP contribution in [0.4, 0.5) is 5.69 Å². The zero-order valence-corrected chi connectivity index (χ0v) is 10.3. The highest BCUT2D eigenvalue weighted by Gasteiger charge is 2.30. The molecule has 1 aliphatic heterocycles. The fraction of sp³-hybridized carbons (Fsp3) is 0.286. The molecule has 2 heterocycles. The predicted octanol–water partition coefficient (Wildman–Crippen LogP) is 2.25. The van der Waals surface area contributed by atoms with Crippen LogP contribution in [0.15, 0.2) is 41.1 Å². The lowest BCUT2D eigenvalue weighted by atomic mass is 9.98. The van der Waals surface area contributed by atoms with Gasteiger partial charge in [0, 0.05) is 24.2 Å². The fourth-order valence-corrected chi connectivity index (χ4v) is 2.63. The third-order valence-corrected chi connectivity index (χ3v) is 3.42. The number of nitrogens with zero attached hydrogens (tertiary/aromatic N) is 2. The maximum atomic E-state index is 10.9. The Morgan fingerprint density at radius 1 is 1.42 bits per heavy atom. The Morgan fingerprint density at radius 3 is 3.00 bits per heavy atom. The fourth-order valence-electron chi connectivity index (χ4n) is 2.63. The molecule has 0 spiro atoms. The van der Waals surface area contributed by atoms with Crippen molar-refractivity contribution >= 4 is 11.7 Å². The van der Waals surface area contributed by atoms with Gasteiger partial charge in [0.25, 0.3) is 0 Å². The maximum Gasteiger partial charge on any atom is 0.304 e. The Kier molecular flexibility index (Phi) is 2.95. The van der Waals surface area contributed by atoms with Gasteiger partial charge >= 0.3 is 5.97 Å². The van der Waals surface area contributed by atoms with Crippen LogP contribution in [0.5, 0.6) is 0 Å². The number of anilines is 1. The Balaban J connectivity index is 1.86. The summed E-state index contributed by atoms with van der Waals surface area (Å²) in [6, 6.07) is 9.77. The van der Waals surface area contributed by atoms with E-state index < -0.39 is 5.97 Å². The molecular formula is C14H14N2O3. The summed E-state index contributed by atoms with van der Waals surface area (Å²) < 4.78 is 5.12. The van der Waals surface area contributed by atoms with Crippen LogP contribution in [0, 0.1) is 0 Å². The van der Waals surface area contributed by atoms with Crippen molar-refractivity contribution in [2.75, 3.05) is 11.4 Å². The quantitative estimate of drug-likeness (QED) is 0.911. The van der Waals surface area contributed by atoms with E-state index in [1.807, 2.05) is 30.3 Å². The van der Waals surface area contributed by atoms with Crippen LogP contribution >= 0.6 is 0 Å². The van der Waals surface area contributed by atoms with Crippen LogP contribution in [0.1, 0.15) is 23.7 Å². The summed E-state index contributed by atoms with van der Waals surface area (Å²) in [5.74, 6) is 0.0590. The number of fused-ring (bicyclic) bond motifs is 1. The molecule has 1 atom stereocenters. The van der Waals surface area contributed by atoms with Crippen LogP contribution in [0.2, 0.25) is 0 Å². The number of aliphatic carboxylic acids is 1. The topological polar surface area (TPSA) is 66.6 Å². The minimum absolute atomic E-state index is 0.0385. The van der Waals surface area contributed by atoms with Crippen LogP contribution in [0.25, 0.3) is 0 Å². The van der Waals surface area contributed by atoms with E-state index in [1.54, 1.807) is 6.20 Å². The van der Waals surface area contributed by atoms with Gasteiger partial charge in [-0.2, -0.15) is 0 Å². The third kappa shape index (κ3) is 2.31. The molecule has 0 aliphatic carbocycles. The van der Waals surface area contributed by atoms with E-state index in [2.05, 4.69) is 10.1 Å². The molecule has 1 N–H and O–H groups in total. The van der Waals surface area contributed by atoms with Gasteiger partial charge in [-0.15, -0.1) is 0 Å². The van der Waals surface area contributed by atoms with E-state index in [-0.39, 0.29) is 12.3 Å². The van der Waals surface area contributed by atoms with Crippen LogP contribution in [-0.2, 0) is 11.3 Å². The number of carboxylic acid groups (broad SMARTS) is 1. The second-order valence-corrected chi connectivity index (χ2v) is 4.71. The van der Waals surface area contributed by atoms with Crippen molar-refractivity contribution in [3.63, 3.8) is 0 Å². The van der Waals surface area contributed by atoms with Gasteiger partial charge in [0.1, 0.15) is 0 Å². The number of rotatable bonds is 4. The minimum Gasteiger partial charge on any atom is -0.481 e. The molecule has 98 valence electrons. The Hall–Kier alpha value is -2.30. The molecule has 19 heavy (non-hydrogen) atoms. The molecule has 3 rings (SSSR count). The van der Waals surface area contributed by atoms with Gasteiger partial charge < -0.3 is 14.5 Å². The molecular weight excluding hydrogens is 244 g/mol. The minimum atomic E-state index is -0.763. The average Bonchev–Trinajstić information content (AvgIpc) is 2.99. The summed E-state index contributed by atoms with van der Waals surface area (Å²) >= 11 is 0. The monoisotopic (exact) mass is 258 g/mol. The highest BCUT2D eigenvalue weighted by Crippen LogP contribution is 2.38. The molecule has 0 bridgehead atoms. The first kappa shape index (κ1) is 11.8. The van der Waals surface area contributed by atoms with Gasteiger partial charge in [-0.1, -0.05) is 23.4 Å². The van der Waals surface area contributed by atoms with Crippen molar-refractivity contribution in [1.82, 2.24) is 5.16 Å². The molecule has 1 aliphatic rings. The summed E-state index contributed by atoms with van der Waals surface area (Å²) in [6.07, 6.45) is 1.77. The molecule has 1 unspecified atom stereocenters. The zero-order chi connectivity index (χ0) is 13.2. The van der Waals surface area contributed by atoms with Crippen molar-refractivity contribution in [1.29, 1.82) is 0 Å². The standard InChI is InChI=1S/C14H14N2O3/c17-14(18)7-10-8-16(9-11-5-6-15-19-11)13-4-2-1-3-12(10)13/h1-6,10H,7-9H2,(H,17,18). The third-order valence-electron chi connectivity index (χ3n) is 3.42. The summed E-state index contributed by atoms with van der Waals surface area (Å²) in [5, 5.41) is 12.7. The van der Waals surface area contributed by atoms with Gasteiger partial charge in [-0.25, -0.2) is 0 Å². The highest BCUT2D eigenvalue weighted by atomic mass is 16.5. The van der Waals surface area contributed by atoms with E-state index in [1.165, 1.54) is 0 Å². The number of carboxylic acids is 1. The molecule has 0 saturated carbocycles. The molecule has 2 aromatic rings. The van der Waals surface area contributed by atoms with Crippen LogP contribution < -0.4 is 4.90 Å². The van der Waals surface area contributed by atoms with E-state index in [4.69, 9.17) is 9.63 Å². The van der Waals surface area contributed by atoms with Gasteiger partial charge in [0.05, 0.1) is 19.2 Å². The molecule has 0 radical (unpaired) electrons. The largest absolute Gasteiger partial charge is 0.481 e. The number of aromatic nitrogens is 1. The molecule has 0 fully saturated rings. The average molecular weight is 258 g/mol. The number of para-hydroxylation sites is 1. The predicted molar refractivity (Wildman–Crippen MR) is 69.0 cm³/mol. The number of benzene rings is 1. The smallest absolute Gasteiger partial charge is 0.304 e. The summed E-state index contributed by atoms with van der Waals surface area (Å²) in [6.45, 7) is 1.32. The van der Waals surface area contributed by atoms with Gasteiger partial charge in [0.15, 0.2) is 5.76 Å². The van der Waals surface area contributed by atoms with Gasteiger partial charge in [0.2, 0.25) is 0 Å². The SMILES string of the molecule is O=C(O)CC1CN(Cc2ccno2)c2ccccc21. The maximum absolute atomic E-state index is 10.9. The van der Waals surface area contributed by atoms with Crippen molar-refractivity contribution < 1.29 is 14.4 Å². The Morgan fingerprint density at radius 2 is 2.26 bits per heavy atom. The first-order chi connectivity index (χ1) is 9.24. The van der Waals surface area contributed by atoms with Crippen LogP contribution in [-0.4, -0.2) is 22.8 Å². The number of hydrogen-bond acceptors (Lipinski definition) is 4. The van der Waals surface area contributed by atoms with Gasteiger partial charge in [-0.3, -0.25) is 4.79 Å². The zero-order valence-electron chi connectivity index (χ0n) is 10.3. The van der Waals surface area contributed by atoms with E-state index in [0.29, 0.717) is 13.1 Å². The van der Waals surface area contributed by atoms with E-state index in [9.17, 15) is 4.79 Å². The lowest BCUT2D eigenvalue weighted by molar-refractivity contribution is -0.137. The molecule has 1 aromatic carbocycles. The normalized spacial score (nSPS) is 17.5. The van der Waals surface area contributed by atoms with Crippen molar-refractivity contribution in [3.05, 3.63) is 47.9 Å².